The molecule has 4 aliphatic rings. The van der Waals surface area contributed by atoms with Crippen LogP contribution in [0, 0.1) is 0 Å². The summed E-state index contributed by atoms with van der Waals surface area (Å²) in [7, 11) is 0. The summed E-state index contributed by atoms with van der Waals surface area (Å²) in [5.41, 5.74) is 21.9. The van der Waals surface area contributed by atoms with E-state index >= 15 is 0 Å². The third kappa shape index (κ3) is 6.13. The van der Waals surface area contributed by atoms with E-state index in [2.05, 4.69) is 310 Å². The van der Waals surface area contributed by atoms with Crippen LogP contribution in [0.5, 0.6) is 0 Å². The van der Waals surface area contributed by atoms with Crippen LogP contribution in [0.2, 0.25) is 0 Å². The van der Waals surface area contributed by atoms with Gasteiger partial charge in [0.25, 0.3) is 13.4 Å². The smallest absolute Gasteiger partial charge is 0.252 e. The first-order valence-corrected chi connectivity index (χ1v) is 29.3. The summed E-state index contributed by atoms with van der Waals surface area (Å²) >= 11 is 0. The van der Waals surface area contributed by atoms with Crippen LogP contribution in [-0.2, 0) is 0 Å². The monoisotopic (exact) mass is 1060 g/mol. The van der Waals surface area contributed by atoms with Gasteiger partial charge < -0.3 is 18.9 Å². The summed E-state index contributed by atoms with van der Waals surface area (Å²) in [6.45, 7) is -0.270. The maximum absolute atomic E-state index is 2.66. The van der Waals surface area contributed by atoms with Gasteiger partial charge in [0.1, 0.15) is 0 Å². The number of hydrogen-bond acceptors (Lipinski definition) is 2. The normalized spacial score (nSPS) is 13.1. The zero-order chi connectivity index (χ0) is 54.7. The summed E-state index contributed by atoms with van der Waals surface area (Å²) in [4.78, 5) is 5.15. The van der Waals surface area contributed by atoms with E-state index in [1.54, 1.807) is 0 Å². The Morgan fingerprint density at radius 1 is 0.202 bits per heavy atom. The van der Waals surface area contributed by atoms with Crippen molar-refractivity contribution in [2.75, 3.05) is 9.80 Å². The highest BCUT2D eigenvalue weighted by Crippen LogP contribution is 2.47. The summed E-state index contributed by atoms with van der Waals surface area (Å²) in [6, 6.07) is 110. The average molecular weight is 1060 g/mol. The minimum absolute atomic E-state index is 0.135. The van der Waals surface area contributed by atoms with Gasteiger partial charge in [-0.3, -0.25) is 0 Å². The van der Waals surface area contributed by atoms with E-state index in [-0.39, 0.29) is 13.4 Å². The molecule has 19 rings (SSSR count). The maximum Gasteiger partial charge on any atom is 0.252 e. The number of aromatic nitrogens is 2. The Kier molecular flexibility index (Phi) is 9.48. The Morgan fingerprint density at radius 3 is 1.13 bits per heavy atom. The topological polar surface area (TPSA) is 16.3 Å². The number of anilines is 6. The van der Waals surface area contributed by atoms with E-state index < -0.39 is 0 Å². The molecule has 0 spiro atoms. The molecule has 13 aromatic carbocycles. The van der Waals surface area contributed by atoms with E-state index in [1.165, 1.54) is 143 Å². The molecule has 0 bridgehead atoms. The van der Waals surface area contributed by atoms with Crippen LogP contribution < -0.4 is 42.6 Å². The predicted molar refractivity (Wildman–Crippen MR) is 359 cm³/mol. The summed E-state index contributed by atoms with van der Waals surface area (Å²) in [5.74, 6) is 0. The third-order valence-corrected chi connectivity index (χ3v) is 18.9. The Bertz CT molecular complexity index is 5530. The number of hydrogen-bond donors (Lipinski definition) is 0. The molecule has 0 atom stereocenters. The Labute approximate surface area is 485 Å². The summed E-state index contributed by atoms with van der Waals surface area (Å²) in [6.07, 6.45) is 0. The molecule has 0 saturated heterocycles. The zero-order valence-electron chi connectivity index (χ0n) is 45.7. The SMILES string of the molecule is c1ccc(N2c3cc4c(cc3B3c5c2cccc5-n2c5ccccc5c5ccccc5c5ccccc5c5cccc3c52)B2c3ccccc3-n3c5ccccc5c5ccccc5c5ccccc5c5ccc(c2c53)N4c2ccccc2)cc1. The molecule has 0 fully saturated rings. The van der Waals surface area contributed by atoms with Crippen molar-refractivity contribution in [3.63, 3.8) is 0 Å². The van der Waals surface area contributed by atoms with Crippen LogP contribution >= 0.6 is 0 Å². The van der Waals surface area contributed by atoms with Gasteiger partial charge in [-0.25, -0.2) is 0 Å². The lowest BCUT2D eigenvalue weighted by Gasteiger charge is -2.44. The van der Waals surface area contributed by atoms with Crippen LogP contribution in [0.3, 0.4) is 0 Å². The highest BCUT2D eigenvalue weighted by atomic mass is 15.2. The second kappa shape index (κ2) is 17.4. The molecule has 0 N–H and O–H groups in total. The van der Waals surface area contributed by atoms with E-state index in [1.807, 2.05) is 0 Å². The fourth-order valence-corrected chi connectivity index (χ4v) is 15.7. The highest BCUT2D eigenvalue weighted by Gasteiger charge is 2.46. The molecule has 4 nitrogen and oxygen atoms in total. The molecule has 0 aliphatic carbocycles. The molecule has 0 unspecified atom stereocenters. The van der Waals surface area contributed by atoms with Gasteiger partial charge in [0.15, 0.2) is 0 Å². The minimum Gasteiger partial charge on any atom is -0.311 e. The number of rotatable bonds is 2. The standard InChI is InChI=1S/C78H48B2N4/c1-3-23-49(24-4-1)81-70-43-22-44-71-75(70)80(64-39-21-37-61-57-33-13-9-29-53(57)51-27-7-12-32-56(51)60-36-16-19-41-68(60)84(71)77(61)64)66-47-65-73(48-74(66)81)82(50-25-5-2-6-26-50)72-46-45-62-58-34-14-10-30-54(58)52-28-8-11-31-55(52)59-35-15-18-40-67(59)83-69-42-20-17-38-63(69)79(65)76(72)78(62)83/h1-48H. The van der Waals surface area contributed by atoms with Gasteiger partial charge in [0.05, 0.1) is 16.6 Å². The largest absolute Gasteiger partial charge is 0.311 e. The lowest BCUT2D eigenvalue weighted by atomic mass is 9.30. The van der Waals surface area contributed by atoms with Crippen molar-refractivity contribution >= 4 is 167 Å². The molecule has 0 radical (unpaired) electrons. The minimum atomic E-state index is -0.135. The highest BCUT2D eigenvalue weighted by molar-refractivity contribution is 7.03. The zero-order valence-corrected chi connectivity index (χ0v) is 45.7. The number of fused-ring (bicyclic) bond motifs is 23. The maximum atomic E-state index is 2.66. The quantitative estimate of drug-likeness (QED) is 0.160. The van der Waals surface area contributed by atoms with Gasteiger partial charge >= 0.3 is 0 Å². The average Bonchev–Trinajstić information content (AvgIpc) is 1.89. The molecule has 2 aromatic heterocycles. The Morgan fingerprint density at radius 2 is 0.571 bits per heavy atom. The van der Waals surface area contributed by atoms with Gasteiger partial charge in [0.2, 0.25) is 0 Å². The number of para-hydroxylation sites is 6. The third-order valence-electron chi connectivity index (χ3n) is 18.9. The van der Waals surface area contributed by atoms with Crippen molar-refractivity contribution in [2.45, 2.75) is 0 Å². The lowest BCUT2D eigenvalue weighted by Crippen LogP contribution is -2.64. The lowest BCUT2D eigenvalue weighted by molar-refractivity contribution is 1.17. The molecule has 6 heterocycles. The van der Waals surface area contributed by atoms with E-state index in [0.29, 0.717) is 0 Å². The Hall–Kier alpha value is -10.8. The summed E-state index contributed by atoms with van der Waals surface area (Å²) in [5, 5.41) is 14.7. The van der Waals surface area contributed by atoms with Crippen LogP contribution in [0.15, 0.2) is 291 Å². The van der Waals surface area contributed by atoms with Crippen molar-refractivity contribution in [3.05, 3.63) is 291 Å². The molecule has 84 heavy (non-hydrogen) atoms. The van der Waals surface area contributed by atoms with Crippen molar-refractivity contribution < 1.29 is 0 Å². The van der Waals surface area contributed by atoms with Gasteiger partial charge in [0, 0.05) is 72.6 Å². The van der Waals surface area contributed by atoms with Gasteiger partial charge in [-0.05, 0) is 143 Å². The van der Waals surface area contributed by atoms with Crippen LogP contribution in [0.1, 0.15) is 0 Å². The second-order valence-electron chi connectivity index (χ2n) is 23.0. The van der Waals surface area contributed by atoms with Crippen molar-refractivity contribution in [1.29, 1.82) is 0 Å². The first kappa shape index (κ1) is 45.9. The first-order chi connectivity index (χ1) is 41.8. The molecular formula is C78H48B2N4. The van der Waals surface area contributed by atoms with Crippen LogP contribution in [-0.4, -0.2) is 22.6 Å². The fourth-order valence-electron chi connectivity index (χ4n) is 15.7. The van der Waals surface area contributed by atoms with Gasteiger partial charge in [-0.15, -0.1) is 0 Å². The second-order valence-corrected chi connectivity index (χ2v) is 23.0. The molecule has 386 valence electrons. The van der Waals surface area contributed by atoms with Crippen LogP contribution in [0.25, 0.3) is 98.1 Å². The molecule has 4 aliphatic heterocycles. The van der Waals surface area contributed by atoms with Crippen molar-refractivity contribution in [3.8, 4) is 11.4 Å². The fraction of sp³-hybridized carbons (Fsp3) is 0. The molecular weight excluding hydrogens is 1010 g/mol. The molecule has 15 aromatic rings. The molecule has 0 saturated carbocycles. The number of benzene rings is 13. The predicted octanol–water partition coefficient (Wildman–Crippen LogP) is 16.0. The van der Waals surface area contributed by atoms with Crippen molar-refractivity contribution in [2.24, 2.45) is 0 Å². The van der Waals surface area contributed by atoms with E-state index in [9.17, 15) is 0 Å². The summed E-state index contributed by atoms with van der Waals surface area (Å²) < 4.78 is 5.24. The first-order valence-electron chi connectivity index (χ1n) is 29.3. The molecule has 6 heteroatoms. The van der Waals surface area contributed by atoms with Gasteiger partial charge in [-0.1, -0.05) is 224 Å². The van der Waals surface area contributed by atoms with Crippen LogP contribution in [0.4, 0.5) is 34.1 Å². The van der Waals surface area contributed by atoms with E-state index in [0.717, 1.165) is 22.4 Å². The van der Waals surface area contributed by atoms with Gasteiger partial charge in [-0.2, -0.15) is 0 Å². The Balaban J connectivity index is 1.01. The van der Waals surface area contributed by atoms with Crippen molar-refractivity contribution in [1.82, 2.24) is 9.13 Å². The molecule has 0 amide bonds. The van der Waals surface area contributed by atoms with E-state index in [4.69, 9.17) is 0 Å². The number of nitrogens with zero attached hydrogens (tertiary/aromatic N) is 4.